The molecular formula is C25H26N2O5. The number of benzene rings is 3. The van der Waals surface area contributed by atoms with E-state index in [2.05, 4.69) is 18.7 Å². The van der Waals surface area contributed by atoms with Gasteiger partial charge in [-0.1, -0.05) is 12.1 Å². The zero-order chi connectivity index (χ0) is 22.4. The smallest absolute Gasteiger partial charge is 0.190 e. The number of aromatic nitrogens is 1. The van der Waals surface area contributed by atoms with Crippen molar-refractivity contribution in [2.45, 2.75) is 38.6 Å². The van der Waals surface area contributed by atoms with E-state index < -0.39 is 12.2 Å². The number of rotatable bonds is 5. The molecule has 3 atom stereocenters. The monoisotopic (exact) mass is 434 g/mol. The van der Waals surface area contributed by atoms with Gasteiger partial charge >= 0.3 is 0 Å². The first-order chi connectivity index (χ1) is 15.5. The van der Waals surface area contributed by atoms with Crippen LogP contribution in [-0.2, 0) is 4.74 Å². The van der Waals surface area contributed by atoms with Crippen LogP contribution in [0.2, 0.25) is 0 Å². The van der Waals surface area contributed by atoms with E-state index in [1.54, 1.807) is 6.07 Å². The van der Waals surface area contributed by atoms with Crippen molar-refractivity contribution in [3.05, 3.63) is 58.3 Å². The maximum absolute atomic E-state index is 12.8. The summed E-state index contributed by atoms with van der Waals surface area (Å²) in [5.74, 6) is 0.435. The van der Waals surface area contributed by atoms with E-state index >= 15 is 0 Å². The summed E-state index contributed by atoms with van der Waals surface area (Å²) in [6.07, 6.45) is -1.29. The number of hydrogen-bond donors (Lipinski definition) is 2. The Balaban J connectivity index is 1.66. The van der Waals surface area contributed by atoms with Crippen LogP contribution in [0, 0.1) is 0 Å². The molecule has 32 heavy (non-hydrogen) atoms. The Hall–Kier alpha value is -3.00. The number of ether oxygens (including phenoxy) is 1. The Kier molecular flexibility index (Phi) is 5.33. The molecule has 1 saturated heterocycles. The molecule has 0 bridgehead atoms. The molecule has 2 heterocycles. The van der Waals surface area contributed by atoms with Gasteiger partial charge in [-0.05, 0) is 37.6 Å². The first-order valence-electron chi connectivity index (χ1n) is 11.0. The van der Waals surface area contributed by atoms with Gasteiger partial charge in [0.15, 0.2) is 16.8 Å². The summed E-state index contributed by atoms with van der Waals surface area (Å²) < 4.78 is 11.9. The molecule has 1 fully saturated rings. The van der Waals surface area contributed by atoms with Crippen LogP contribution in [0.15, 0.2) is 51.7 Å². The summed E-state index contributed by atoms with van der Waals surface area (Å²) >= 11 is 0. The average Bonchev–Trinajstić information content (AvgIpc) is 3.19. The van der Waals surface area contributed by atoms with Crippen molar-refractivity contribution in [1.82, 2.24) is 4.98 Å². The van der Waals surface area contributed by atoms with Crippen molar-refractivity contribution in [2.75, 3.05) is 24.6 Å². The predicted molar refractivity (Wildman–Crippen MR) is 123 cm³/mol. The fourth-order valence-electron chi connectivity index (χ4n) is 4.57. The Bertz CT molecular complexity index is 1310. The number of aliphatic hydroxyl groups is 2. The standard InChI is InChI=1S/C25H26N2O5/c1-3-27(4-2)15-6-8-18-22(10-15)32-23-11-19(29)16-7-5-14(9-17(16)25(23)26-18)21-12-20(30)24(13-28)31-21/h5-11,20-21,24,28,30H,3-4,12-13H2,1-2H3/t20-,21+,24+/m0/s1. The molecule has 0 amide bonds. The molecule has 5 rings (SSSR count). The molecular weight excluding hydrogens is 408 g/mol. The van der Waals surface area contributed by atoms with Crippen LogP contribution in [-0.4, -0.2) is 47.1 Å². The number of aliphatic hydroxyl groups excluding tert-OH is 2. The fraction of sp³-hybridized carbons (Fsp3) is 0.360. The van der Waals surface area contributed by atoms with Gasteiger partial charge in [0, 0.05) is 48.1 Å². The van der Waals surface area contributed by atoms with Crippen molar-refractivity contribution >= 4 is 27.6 Å². The van der Waals surface area contributed by atoms with E-state index in [9.17, 15) is 15.0 Å². The molecule has 0 radical (unpaired) electrons. The van der Waals surface area contributed by atoms with E-state index in [1.165, 1.54) is 6.07 Å². The first-order valence-corrected chi connectivity index (χ1v) is 11.0. The summed E-state index contributed by atoms with van der Waals surface area (Å²) in [6, 6.07) is 12.9. The number of nitrogens with zero attached hydrogens (tertiary/aromatic N) is 2. The summed E-state index contributed by atoms with van der Waals surface area (Å²) in [5.41, 5.74) is 3.70. The molecule has 0 saturated carbocycles. The molecule has 1 aliphatic carbocycles. The molecule has 0 unspecified atom stereocenters. The van der Waals surface area contributed by atoms with E-state index in [0.717, 1.165) is 24.3 Å². The van der Waals surface area contributed by atoms with Gasteiger partial charge in [-0.3, -0.25) is 4.79 Å². The third-order valence-electron chi connectivity index (χ3n) is 6.36. The Morgan fingerprint density at radius 1 is 1.09 bits per heavy atom. The Morgan fingerprint density at radius 3 is 2.62 bits per heavy atom. The van der Waals surface area contributed by atoms with Crippen molar-refractivity contribution in [3.8, 4) is 11.5 Å². The lowest BCUT2D eigenvalue weighted by Crippen LogP contribution is -2.24. The second-order valence-electron chi connectivity index (χ2n) is 8.21. The van der Waals surface area contributed by atoms with Crippen LogP contribution in [0.5, 0.6) is 0 Å². The summed E-state index contributed by atoms with van der Waals surface area (Å²) in [7, 11) is 0. The largest absolute Gasteiger partial charge is 0.453 e. The van der Waals surface area contributed by atoms with Crippen LogP contribution >= 0.6 is 0 Å². The summed E-state index contributed by atoms with van der Waals surface area (Å²) in [6.45, 7) is 5.74. The van der Waals surface area contributed by atoms with Crippen molar-refractivity contribution < 1.29 is 19.4 Å². The van der Waals surface area contributed by atoms with Gasteiger partial charge in [0.2, 0.25) is 0 Å². The van der Waals surface area contributed by atoms with Crippen LogP contribution in [0.3, 0.4) is 0 Å². The zero-order valence-electron chi connectivity index (χ0n) is 18.1. The number of fused-ring (bicyclic) bond motifs is 4. The molecule has 166 valence electrons. The normalized spacial score (nSPS) is 21.1. The topological polar surface area (TPSA) is 96.0 Å². The second-order valence-corrected chi connectivity index (χ2v) is 8.21. The minimum absolute atomic E-state index is 0.135. The molecule has 0 aromatic heterocycles. The third-order valence-corrected chi connectivity index (χ3v) is 6.36. The maximum Gasteiger partial charge on any atom is 0.190 e. The highest BCUT2D eigenvalue weighted by atomic mass is 16.5. The van der Waals surface area contributed by atoms with Gasteiger partial charge in [0.25, 0.3) is 0 Å². The van der Waals surface area contributed by atoms with Gasteiger partial charge in [-0.2, -0.15) is 0 Å². The lowest BCUT2D eigenvalue weighted by molar-refractivity contribution is -0.0225. The average molecular weight is 434 g/mol. The highest BCUT2D eigenvalue weighted by Crippen LogP contribution is 2.37. The molecule has 2 aromatic rings. The lowest BCUT2D eigenvalue weighted by Gasteiger charge is -2.21. The highest BCUT2D eigenvalue weighted by molar-refractivity contribution is 5.97. The molecule has 2 aliphatic heterocycles. The van der Waals surface area contributed by atoms with E-state index in [0.29, 0.717) is 39.7 Å². The quantitative estimate of drug-likeness (QED) is 0.367. The van der Waals surface area contributed by atoms with Crippen LogP contribution in [0.1, 0.15) is 31.9 Å². The highest BCUT2D eigenvalue weighted by Gasteiger charge is 2.34. The van der Waals surface area contributed by atoms with E-state index in [4.69, 9.17) is 14.1 Å². The number of hydrogen-bond acceptors (Lipinski definition) is 7. The Labute approximate surface area is 185 Å². The minimum atomic E-state index is -0.722. The van der Waals surface area contributed by atoms with Crippen LogP contribution in [0.4, 0.5) is 5.69 Å². The van der Waals surface area contributed by atoms with E-state index in [-0.39, 0.29) is 18.1 Å². The second kappa shape index (κ2) is 8.16. The molecule has 7 heteroatoms. The third kappa shape index (κ3) is 3.43. The molecule has 2 aromatic carbocycles. The maximum atomic E-state index is 12.8. The van der Waals surface area contributed by atoms with Crippen LogP contribution < -0.4 is 10.3 Å². The van der Waals surface area contributed by atoms with Gasteiger partial charge in [0.1, 0.15) is 17.3 Å². The minimum Gasteiger partial charge on any atom is -0.453 e. The van der Waals surface area contributed by atoms with Crippen molar-refractivity contribution in [3.63, 3.8) is 0 Å². The predicted octanol–water partition coefficient (Wildman–Crippen LogP) is 3.48. The van der Waals surface area contributed by atoms with Gasteiger partial charge in [0.05, 0.1) is 18.8 Å². The van der Waals surface area contributed by atoms with Gasteiger partial charge < -0.3 is 24.3 Å². The zero-order valence-corrected chi connectivity index (χ0v) is 18.1. The van der Waals surface area contributed by atoms with Crippen LogP contribution in [0.25, 0.3) is 33.3 Å². The fourth-order valence-corrected chi connectivity index (χ4v) is 4.57. The molecule has 0 spiro atoms. The number of anilines is 1. The van der Waals surface area contributed by atoms with E-state index in [1.807, 2.05) is 30.3 Å². The molecule has 3 aliphatic rings. The van der Waals surface area contributed by atoms with Gasteiger partial charge in [-0.15, -0.1) is 0 Å². The van der Waals surface area contributed by atoms with Crippen molar-refractivity contribution in [1.29, 1.82) is 0 Å². The SMILES string of the molecule is CCN(CC)c1ccc2nc3c4cc([C@H]5C[C@H](O)[C@@H](CO)O5)ccc4c(=O)cc-3oc2c1. The summed E-state index contributed by atoms with van der Waals surface area (Å²) in [5, 5.41) is 20.7. The first kappa shape index (κ1) is 20.9. The Morgan fingerprint density at radius 2 is 1.91 bits per heavy atom. The molecule has 7 nitrogen and oxygen atoms in total. The summed E-state index contributed by atoms with van der Waals surface area (Å²) in [4.78, 5) is 19.8. The van der Waals surface area contributed by atoms with Crippen molar-refractivity contribution in [2.24, 2.45) is 0 Å². The van der Waals surface area contributed by atoms with Gasteiger partial charge in [-0.25, -0.2) is 4.98 Å². The molecule has 2 N–H and O–H groups in total. The lowest BCUT2D eigenvalue weighted by atomic mass is 9.98.